The molecule has 0 aliphatic heterocycles. The first-order valence-corrected chi connectivity index (χ1v) is 6.50. The molecule has 0 radical (unpaired) electrons. The first-order valence-electron chi connectivity index (χ1n) is 6.50. The Balaban J connectivity index is 2.42. The van der Waals surface area contributed by atoms with Crippen molar-refractivity contribution in [2.45, 2.75) is 71.4 Å². The first-order chi connectivity index (χ1) is 7.04. The second-order valence-electron chi connectivity index (χ2n) is 6.01. The Kier molecular flexibility index (Phi) is 5.07. The molecule has 0 aromatic carbocycles. The predicted molar refractivity (Wildman–Crippen MR) is 66.9 cm³/mol. The summed E-state index contributed by atoms with van der Waals surface area (Å²) in [7, 11) is 0. The number of rotatable bonds is 3. The molecule has 3 N–H and O–H groups in total. The van der Waals surface area contributed by atoms with E-state index in [-0.39, 0.29) is 5.41 Å². The summed E-state index contributed by atoms with van der Waals surface area (Å²) in [6.45, 7) is 7.57. The van der Waals surface area contributed by atoms with Crippen LogP contribution in [0.25, 0.3) is 0 Å². The maximum absolute atomic E-state index is 5.85. The molecule has 1 unspecified atom stereocenters. The van der Waals surface area contributed by atoms with Crippen molar-refractivity contribution in [1.82, 2.24) is 5.32 Å². The van der Waals surface area contributed by atoms with Crippen molar-refractivity contribution in [3.05, 3.63) is 0 Å². The quantitative estimate of drug-likeness (QED) is 0.706. The number of hydrogen-bond acceptors (Lipinski definition) is 2. The van der Waals surface area contributed by atoms with Gasteiger partial charge in [-0.1, -0.05) is 46.5 Å². The molecule has 0 bridgehead atoms. The van der Waals surface area contributed by atoms with E-state index in [0.29, 0.717) is 12.1 Å². The minimum atomic E-state index is 0.279. The summed E-state index contributed by atoms with van der Waals surface area (Å²) in [5.41, 5.74) is 6.13. The highest BCUT2D eigenvalue weighted by Gasteiger charge is 2.25. The fourth-order valence-corrected chi connectivity index (χ4v) is 2.40. The van der Waals surface area contributed by atoms with Gasteiger partial charge in [0.05, 0.1) is 0 Å². The molecule has 1 atom stereocenters. The summed E-state index contributed by atoms with van der Waals surface area (Å²) >= 11 is 0. The van der Waals surface area contributed by atoms with Gasteiger partial charge < -0.3 is 11.1 Å². The van der Waals surface area contributed by atoms with Gasteiger partial charge in [-0.15, -0.1) is 0 Å². The Morgan fingerprint density at radius 3 is 2.07 bits per heavy atom. The molecule has 1 rings (SSSR count). The molecule has 0 spiro atoms. The molecule has 1 aliphatic rings. The van der Waals surface area contributed by atoms with Crippen LogP contribution in [0.1, 0.15) is 59.3 Å². The van der Waals surface area contributed by atoms with E-state index in [1.165, 1.54) is 38.5 Å². The largest absolute Gasteiger partial charge is 0.329 e. The summed E-state index contributed by atoms with van der Waals surface area (Å²) < 4.78 is 0. The minimum Gasteiger partial charge on any atom is -0.329 e. The van der Waals surface area contributed by atoms with Crippen molar-refractivity contribution in [2.75, 3.05) is 6.54 Å². The summed E-state index contributed by atoms with van der Waals surface area (Å²) in [5.74, 6) is 0. The van der Waals surface area contributed by atoms with Crippen LogP contribution in [-0.4, -0.2) is 18.6 Å². The van der Waals surface area contributed by atoms with Crippen molar-refractivity contribution in [2.24, 2.45) is 11.1 Å². The third-order valence-corrected chi connectivity index (χ3v) is 3.57. The van der Waals surface area contributed by atoms with Crippen molar-refractivity contribution >= 4 is 0 Å². The van der Waals surface area contributed by atoms with Gasteiger partial charge in [0, 0.05) is 18.6 Å². The average Bonchev–Trinajstić information content (AvgIpc) is 2.40. The molecule has 0 heterocycles. The third-order valence-electron chi connectivity index (χ3n) is 3.57. The van der Waals surface area contributed by atoms with Gasteiger partial charge in [-0.25, -0.2) is 0 Å². The maximum Gasteiger partial charge on any atom is 0.0241 e. The van der Waals surface area contributed by atoms with E-state index in [9.17, 15) is 0 Å². The zero-order valence-electron chi connectivity index (χ0n) is 10.7. The van der Waals surface area contributed by atoms with Crippen LogP contribution >= 0.6 is 0 Å². The van der Waals surface area contributed by atoms with Crippen LogP contribution in [0.4, 0.5) is 0 Å². The monoisotopic (exact) mass is 212 g/mol. The summed E-state index contributed by atoms with van der Waals surface area (Å²) in [6, 6.07) is 1.17. The number of nitrogens with two attached hydrogens (primary N) is 1. The Morgan fingerprint density at radius 1 is 1.13 bits per heavy atom. The van der Waals surface area contributed by atoms with E-state index in [1.807, 2.05) is 0 Å². The van der Waals surface area contributed by atoms with Gasteiger partial charge in [0.1, 0.15) is 0 Å². The van der Waals surface area contributed by atoms with Gasteiger partial charge in [-0.05, 0) is 18.3 Å². The van der Waals surface area contributed by atoms with Gasteiger partial charge in [0.2, 0.25) is 0 Å². The van der Waals surface area contributed by atoms with Crippen molar-refractivity contribution in [1.29, 1.82) is 0 Å². The SMILES string of the molecule is CC(C)(C)C(CN)NC1CCCCCC1. The molecular formula is C13H28N2. The second kappa shape index (κ2) is 5.86. The van der Waals surface area contributed by atoms with Crippen LogP contribution < -0.4 is 11.1 Å². The fraction of sp³-hybridized carbons (Fsp3) is 1.00. The Labute approximate surface area is 95.0 Å². The van der Waals surface area contributed by atoms with E-state index >= 15 is 0 Å². The predicted octanol–water partition coefficient (Wildman–Crippen LogP) is 2.67. The molecule has 0 aromatic heterocycles. The molecule has 0 aromatic rings. The molecule has 1 saturated carbocycles. The standard InChI is InChI=1S/C13H28N2/c1-13(2,3)12(10-14)15-11-8-6-4-5-7-9-11/h11-12,15H,4-10,14H2,1-3H3. The van der Waals surface area contributed by atoms with Crippen LogP contribution in [-0.2, 0) is 0 Å². The molecular weight excluding hydrogens is 184 g/mol. The highest BCUT2D eigenvalue weighted by Crippen LogP contribution is 2.22. The summed E-state index contributed by atoms with van der Waals surface area (Å²) in [6.07, 6.45) is 8.29. The molecule has 2 nitrogen and oxygen atoms in total. The maximum atomic E-state index is 5.85. The molecule has 0 amide bonds. The lowest BCUT2D eigenvalue weighted by Gasteiger charge is -2.34. The van der Waals surface area contributed by atoms with Gasteiger partial charge in [-0.2, -0.15) is 0 Å². The van der Waals surface area contributed by atoms with E-state index < -0.39 is 0 Å². The molecule has 1 aliphatic carbocycles. The van der Waals surface area contributed by atoms with Crippen LogP contribution in [0.3, 0.4) is 0 Å². The topological polar surface area (TPSA) is 38.0 Å². The van der Waals surface area contributed by atoms with Gasteiger partial charge >= 0.3 is 0 Å². The molecule has 2 heteroatoms. The van der Waals surface area contributed by atoms with Crippen LogP contribution in [0.5, 0.6) is 0 Å². The minimum absolute atomic E-state index is 0.279. The van der Waals surface area contributed by atoms with Crippen LogP contribution in [0.15, 0.2) is 0 Å². The Bertz CT molecular complexity index is 164. The molecule has 1 fully saturated rings. The van der Waals surface area contributed by atoms with E-state index in [1.54, 1.807) is 0 Å². The van der Waals surface area contributed by atoms with Crippen molar-refractivity contribution in [3.8, 4) is 0 Å². The zero-order chi connectivity index (χ0) is 11.3. The number of hydrogen-bond donors (Lipinski definition) is 2. The lowest BCUT2D eigenvalue weighted by molar-refractivity contribution is 0.242. The van der Waals surface area contributed by atoms with Crippen molar-refractivity contribution < 1.29 is 0 Å². The Morgan fingerprint density at radius 2 is 1.67 bits per heavy atom. The number of nitrogens with one attached hydrogen (secondary N) is 1. The molecule has 0 saturated heterocycles. The summed E-state index contributed by atoms with van der Waals surface area (Å²) in [5, 5.41) is 3.76. The molecule has 15 heavy (non-hydrogen) atoms. The lowest BCUT2D eigenvalue weighted by atomic mass is 9.86. The smallest absolute Gasteiger partial charge is 0.0241 e. The highest BCUT2D eigenvalue weighted by atomic mass is 15.0. The lowest BCUT2D eigenvalue weighted by Crippen LogP contribution is -2.50. The fourth-order valence-electron chi connectivity index (χ4n) is 2.40. The van der Waals surface area contributed by atoms with E-state index in [2.05, 4.69) is 26.1 Å². The average molecular weight is 212 g/mol. The zero-order valence-corrected chi connectivity index (χ0v) is 10.7. The van der Waals surface area contributed by atoms with Crippen LogP contribution in [0, 0.1) is 5.41 Å². The highest BCUT2D eigenvalue weighted by molar-refractivity contribution is 4.85. The van der Waals surface area contributed by atoms with E-state index in [4.69, 9.17) is 5.73 Å². The van der Waals surface area contributed by atoms with E-state index in [0.717, 1.165) is 6.54 Å². The third kappa shape index (κ3) is 4.52. The normalized spacial score (nSPS) is 22.4. The van der Waals surface area contributed by atoms with Crippen molar-refractivity contribution in [3.63, 3.8) is 0 Å². The summed E-state index contributed by atoms with van der Waals surface area (Å²) in [4.78, 5) is 0. The first kappa shape index (κ1) is 13.0. The van der Waals surface area contributed by atoms with Gasteiger partial charge in [0.15, 0.2) is 0 Å². The second-order valence-corrected chi connectivity index (χ2v) is 6.01. The van der Waals surface area contributed by atoms with Gasteiger partial charge in [-0.3, -0.25) is 0 Å². The Hall–Kier alpha value is -0.0800. The van der Waals surface area contributed by atoms with Crippen LogP contribution in [0.2, 0.25) is 0 Å². The van der Waals surface area contributed by atoms with Gasteiger partial charge in [0.25, 0.3) is 0 Å². The molecule has 90 valence electrons.